The van der Waals surface area contributed by atoms with Gasteiger partial charge in [0.1, 0.15) is 6.61 Å². The molecule has 1 heterocycles. The highest BCUT2D eigenvalue weighted by Gasteiger charge is 2.38. The number of hydrogen-bond acceptors (Lipinski definition) is 4. The van der Waals surface area contributed by atoms with Crippen molar-refractivity contribution in [1.82, 2.24) is 4.90 Å². The third-order valence-corrected chi connectivity index (χ3v) is 9.21. The van der Waals surface area contributed by atoms with E-state index >= 15 is 0 Å². The van der Waals surface area contributed by atoms with Crippen LogP contribution in [0, 0.1) is 0 Å². The van der Waals surface area contributed by atoms with E-state index in [1.54, 1.807) is 6.08 Å². The van der Waals surface area contributed by atoms with Crippen LogP contribution < -0.4 is 0 Å². The third kappa shape index (κ3) is 4.83. The molecule has 1 aliphatic rings. The van der Waals surface area contributed by atoms with Gasteiger partial charge in [0.25, 0.3) is 0 Å². The predicted molar refractivity (Wildman–Crippen MR) is 90.2 cm³/mol. The van der Waals surface area contributed by atoms with Gasteiger partial charge in [0.15, 0.2) is 14.5 Å². The Kier molecular flexibility index (Phi) is 6.64. The average Bonchev–Trinajstić information content (AvgIpc) is 2.72. The largest absolute Gasteiger partial charge is 0.445 e. The Balaban J connectivity index is 2.49. The van der Waals surface area contributed by atoms with Crippen LogP contribution in [-0.2, 0) is 9.16 Å². The normalized spacial score (nSPS) is 20.9. The summed E-state index contributed by atoms with van der Waals surface area (Å²) in [5.41, 5.74) is 0. The van der Waals surface area contributed by atoms with Crippen LogP contribution in [0.3, 0.4) is 0 Å². The smallest absolute Gasteiger partial charge is 0.412 e. The zero-order chi connectivity index (χ0) is 17.0. The minimum atomic E-state index is -1.73. The van der Waals surface area contributed by atoms with E-state index in [2.05, 4.69) is 40.4 Å². The van der Waals surface area contributed by atoms with Crippen molar-refractivity contribution in [2.45, 2.75) is 70.4 Å². The predicted octanol–water partition coefficient (Wildman–Crippen LogP) is 3.50. The van der Waals surface area contributed by atoms with Gasteiger partial charge < -0.3 is 14.3 Å². The van der Waals surface area contributed by atoms with E-state index in [9.17, 15) is 9.90 Å². The van der Waals surface area contributed by atoms with Crippen LogP contribution >= 0.6 is 0 Å². The van der Waals surface area contributed by atoms with Crippen molar-refractivity contribution in [2.75, 3.05) is 13.2 Å². The molecule has 0 bridgehead atoms. The van der Waals surface area contributed by atoms with Crippen molar-refractivity contribution in [2.24, 2.45) is 0 Å². The third-order valence-electron chi connectivity index (χ3n) is 4.67. The van der Waals surface area contributed by atoms with Crippen LogP contribution in [0.2, 0.25) is 18.1 Å². The number of carbonyl (C=O) groups excluding carboxylic acids is 1. The molecule has 1 aliphatic heterocycles. The number of cyclic esters (lactones) is 1. The van der Waals surface area contributed by atoms with E-state index in [-0.39, 0.29) is 17.7 Å². The number of aliphatic hydroxyl groups is 1. The maximum absolute atomic E-state index is 11.7. The molecule has 1 N–H and O–H groups in total. The number of rotatable bonds is 8. The first-order chi connectivity index (χ1) is 10.1. The van der Waals surface area contributed by atoms with Crippen LogP contribution in [0.25, 0.3) is 0 Å². The summed E-state index contributed by atoms with van der Waals surface area (Å²) in [4.78, 5) is 13.1. The van der Waals surface area contributed by atoms with E-state index < -0.39 is 20.6 Å². The van der Waals surface area contributed by atoms with Gasteiger partial charge in [0.05, 0.1) is 0 Å². The Morgan fingerprint density at radius 2 is 2.18 bits per heavy atom. The molecule has 0 aromatic carbocycles. The second-order valence-corrected chi connectivity index (χ2v) is 12.2. The molecule has 0 spiro atoms. The summed E-state index contributed by atoms with van der Waals surface area (Å²) < 4.78 is 11.0. The van der Waals surface area contributed by atoms with Gasteiger partial charge in [0, 0.05) is 12.6 Å². The highest BCUT2D eigenvalue weighted by molar-refractivity contribution is 6.74. The molecule has 1 rings (SSSR count). The second-order valence-electron chi connectivity index (χ2n) is 7.39. The van der Waals surface area contributed by atoms with E-state index in [4.69, 9.17) is 9.16 Å². The SMILES string of the molecule is C=CC[C@@H](CCCO[Si](C)(C)C(C)(C)C)N1C(=O)OCC1O. The molecule has 0 aromatic heterocycles. The second kappa shape index (κ2) is 7.61. The van der Waals surface area contributed by atoms with Crippen LogP contribution in [0.15, 0.2) is 12.7 Å². The van der Waals surface area contributed by atoms with Gasteiger partial charge in [-0.2, -0.15) is 0 Å². The van der Waals surface area contributed by atoms with Gasteiger partial charge >= 0.3 is 6.09 Å². The number of hydrogen-bond donors (Lipinski definition) is 1. The Bertz CT molecular complexity index is 392. The van der Waals surface area contributed by atoms with Crippen molar-refractivity contribution in [1.29, 1.82) is 0 Å². The van der Waals surface area contributed by atoms with Crippen LogP contribution in [-0.4, -0.2) is 49.9 Å². The molecule has 1 saturated heterocycles. The molecule has 2 atom stereocenters. The summed E-state index contributed by atoms with van der Waals surface area (Å²) in [7, 11) is -1.73. The molecule has 0 radical (unpaired) electrons. The molecule has 128 valence electrons. The topological polar surface area (TPSA) is 59.0 Å². The van der Waals surface area contributed by atoms with Crippen LogP contribution in [0.1, 0.15) is 40.0 Å². The van der Waals surface area contributed by atoms with Gasteiger partial charge in [0.2, 0.25) is 0 Å². The minimum Gasteiger partial charge on any atom is -0.445 e. The van der Waals surface area contributed by atoms with Gasteiger partial charge in [-0.3, -0.25) is 4.90 Å². The molecule has 5 nitrogen and oxygen atoms in total. The molecule has 1 amide bonds. The average molecular weight is 330 g/mol. The summed E-state index contributed by atoms with van der Waals surface area (Å²) in [6.45, 7) is 15.6. The zero-order valence-corrected chi connectivity index (χ0v) is 15.6. The van der Waals surface area contributed by atoms with Crippen LogP contribution in [0.4, 0.5) is 4.79 Å². The Morgan fingerprint density at radius 1 is 1.55 bits per heavy atom. The number of carbonyl (C=O) groups is 1. The van der Waals surface area contributed by atoms with Gasteiger partial charge in [-0.25, -0.2) is 4.79 Å². The molecule has 1 fully saturated rings. The van der Waals surface area contributed by atoms with E-state index in [0.717, 1.165) is 12.8 Å². The maximum atomic E-state index is 11.7. The first-order valence-corrected chi connectivity index (χ1v) is 10.9. The summed E-state index contributed by atoms with van der Waals surface area (Å²) in [5.74, 6) is 0. The van der Waals surface area contributed by atoms with Gasteiger partial charge in [-0.15, -0.1) is 6.58 Å². The van der Waals surface area contributed by atoms with E-state index in [1.807, 2.05) is 0 Å². The number of ether oxygens (including phenoxy) is 1. The molecular weight excluding hydrogens is 298 g/mol. The maximum Gasteiger partial charge on any atom is 0.412 e. The molecule has 0 aliphatic carbocycles. The van der Waals surface area contributed by atoms with Gasteiger partial charge in [-0.05, 0) is 37.4 Å². The highest BCUT2D eigenvalue weighted by Crippen LogP contribution is 2.36. The van der Waals surface area contributed by atoms with Gasteiger partial charge in [-0.1, -0.05) is 26.8 Å². The molecule has 6 heteroatoms. The lowest BCUT2D eigenvalue weighted by Gasteiger charge is -2.36. The van der Waals surface area contributed by atoms with Crippen molar-refractivity contribution < 1.29 is 19.1 Å². The quantitative estimate of drug-likeness (QED) is 0.420. The highest BCUT2D eigenvalue weighted by atomic mass is 28.4. The first kappa shape index (κ1) is 19.2. The summed E-state index contributed by atoms with van der Waals surface area (Å²) in [6.07, 6.45) is 2.75. The zero-order valence-electron chi connectivity index (χ0n) is 14.6. The van der Waals surface area contributed by atoms with E-state index in [1.165, 1.54) is 4.90 Å². The Hall–Kier alpha value is -0.853. The fourth-order valence-corrected chi connectivity index (χ4v) is 3.33. The fourth-order valence-electron chi connectivity index (χ4n) is 2.24. The summed E-state index contributed by atoms with van der Waals surface area (Å²) >= 11 is 0. The lowest BCUT2D eigenvalue weighted by Crippen LogP contribution is -2.43. The lowest BCUT2D eigenvalue weighted by molar-refractivity contribution is 0.0320. The molecule has 1 unspecified atom stereocenters. The Morgan fingerprint density at radius 3 is 2.64 bits per heavy atom. The lowest BCUT2D eigenvalue weighted by atomic mass is 10.1. The van der Waals surface area contributed by atoms with Crippen LogP contribution in [0.5, 0.6) is 0 Å². The molecule has 22 heavy (non-hydrogen) atoms. The van der Waals surface area contributed by atoms with Crippen molar-refractivity contribution in [3.63, 3.8) is 0 Å². The monoisotopic (exact) mass is 329 g/mol. The number of nitrogens with zero attached hydrogens (tertiary/aromatic N) is 1. The molecule has 0 aromatic rings. The minimum absolute atomic E-state index is 0.0486. The summed E-state index contributed by atoms with van der Waals surface area (Å²) in [5, 5.41) is 10.1. The van der Waals surface area contributed by atoms with Crippen molar-refractivity contribution in [3.05, 3.63) is 12.7 Å². The Labute approximate surface area is 135 Å². The van der Waals surface area contributed by atoms with E-state index in [0.29, 0.717) is 13.0 Å². The number of amides is 1. The first-order valence-electron chi connectivity index (χ1n) is 7.98. The van der Waals surface area contributed by atoms with Crippen molar-refractivity contribution in [3.8, 4) is 0 Å². The number of aliphatic hydroxyl groups excluding tert-OH is 1. The molecule has 0 saturated carbocycles. The fraction of sp³-hybridized carbons (Fsp3) is 0.812. The standard InChI is InChI=1S/C16H31NO4Si/c1-7-9-13(17-14(18)12-20-15(17)19)10-8-11-21-22(5,6)16(2,3)4/h7,13-14,18H,1,8-12H2,2-6H3/t13-,14?/m0/s1. The molecular formula is C16H31NO4Si. The van der Waals surface area contributed by atoms with Crippen molar-refractivity contribution >= 4 is 14.4 Å². The summed E-state index contributed by atoms with van der Waals surface area (Å²) in [6, 6.07) is -0.0782.